The van der Waals surface area contributed by atoms with Gasteiger partial charge >= 0.3 is 0 Å². The second-order valence-electron chi connectivity index (χ2n) is 5.01. The predicted molar refractivity (Wildman–Crippen MR) is 95.1 cm³/mol. The molecule has 0 unspecified atom stereocenters. The van der Waals surface area contributed by atoms with Gasteiger partial charge in [-0.2, -0.15) is 5.10 Å². The lowest BCUT2D eigenvalue weighted by Crippen LogP contribution is -2.38. The highest BCUT2D eigenvalue weighted by Gasteiger charge is 2.05. The molecule has 8 nitrogen and oxygen atoms in total. The van der Waals surface area contributed by atoms with Crippen molar-refractivity contribution in [2.24, 2.45) is 12.0 Å². The number of aliphatic imine (C=N–C) groups is 1. The van der Waals surface area contributed by atoms with E-state index in [-0.39, 0.29) is 5.91 Å². The summed E-state index contributed by atoms with van der Waals surface area (Å²) in [6.07, 6.45) is 2.33. The van der Waals surface area contributed by atoms with E-state index in [1.54, 1.807) is 4.68 Å². The molecule has 0 spiro atoms. The van der Waals surface area contributed by atoms with E-state index in [2.05, 4.69) is 31.0 Å². The molecule has 3 N–H and O–H groups in total. The zero-order valence-electron chi connectivity index (χ0n) is 14.0. The number of hydrogen-bond donors (Lipinski definition) is 3. The molecule has 0 radical (unpaired) electrons. The minimum Gasteiger partial charge on any atom is -0.357 e. The molecule has 0 aliphatic heterocycles. The average molecular weight is 349 g/mol. The van der Waals surface area contributed by atoms with Gasteiger partial charge < -0.3 is 16.0 Å². The summed E-state index contributed by atoms with van der Waals surface area (Å²) in [5.41, 5.74) is 0. The van der Waals surface area contributed by atoms with Crippen LogP contribution in [0, 0.1) is 0 Å². The van der Waals surface area contributed by atoms with Crippen molar-refractivity contribution in [3.63, 3.8) is 0 Å². The molecule has 0 saturated heterocycles. The molecule has 0 bridgehead atoms. The highest BCUT2D eigenvalue weighted by atomic mass is 32.1. The van der Waals surface area contributed by atoms with E-state index in [0.717, 1.165) is 36.2 Å². The second kappa shape index (κ2) is 9.66. The van der Waals surface area contributed by atoms with Crippen LogP contribution in [0.3, 0.4) is 0 Å². The van der Waals surface area contributed by atoms with Crippen LogP contribution in [0.5, 0.6) is 0 Å². The Morgan fingerprint density at radius 2 is 2.17 bits per heavy atom. The van der Waals surface area contributed by atoms with Crippen molar-refractivity contribution in [2.75, 3.05) is 19.6 Å². The molecule has 130 valence electrons. The number of aryl methyl sites for hydroxylation is 1. The molecule has 2 aromatic rings. The van der Waals surface area contributed by atoms with Gasteiger partial charge in [-0.1, -0.05) is 6.07 Å². The lowest BCUT2D eigenvalue weighted by atomic mass is 10.4. The van der Waals surface area contributed by atoms with Crippen molar-refractivity contribution < 1.29 is 4.79 Å². The number of amides is 1. The fourth-order valence-electron chi connectivity index (χ4n) is 1.95. The quantitative estimate of drug-likeness (QED) is 0.371. The van der Waals surface area contributed by atoms with Gasteiger partial charge in [0.05, 0.1) is 4.88 Å². The highest BCUT2D eigenvalue weighted by molar-refractivity contribution is 7.12. The van der Waals surface area contributed by atoms with Crippen LogP contribution >= 0.6 is 11.3 Å². The summed E-state index contributed by atoms with van der Waals surface area (Å²) in [4.78, 5) is 21.2. The first-order chi connectivity index (χ1) is 11.7. The number of aromatic nitrogens is 3. The van der Waals surface area contributed by atoms with Crippen molar-refractivity contribution in [3.05, 3.63) is 34.5 Å². The first kappa shape index (κ1) is 17.9. The average Bonchev–Trinajstić information content (AvgIpc) is 3.23. The molecule has 0 aromatic carbocycles. The highest BCUT2D eigenvalue weighted by Crippen LogP contribution is 2.07. The molecule has 0 aliphatic rings. The van der Waals surface area contributed by atoms with E-state index in [1.165, 1.54) is 17.7 Å². The zero-order valence-corrected chi connectivity index (χ0v) is 14.8. The number of rotatable bonds is 8. The fraction of sp³-hybridized carbons (Fsp3) is 0.467. The summed E-state index contributed by atoms with van der Waals surface area (Å²) in [6.45, 7) is 4.59. The van der Waals surface area contributed by atoms with Gasteiger partial charge in [-0.25, -0.2) is 9.98 Å². The lowest BCUT2D eigenvalue weighted by Gasteiger charge is -2.11. The summed E-state index contributed by atoms with van der Waals surface area (Å²) in [6, 6.07) is 3.69. The van der Waals surface area contributed by atoms with Crippen molar-refractivity contribution in [1.82, 2.24) is 30.7 Å². The molecule has 9 heteroatoms. The van der Waals surface area contributed by atoms with Crippen LogP contribution in [0.1, 0.15) is 28.8 Å². The van der Waals surface area contributed by atoms with Crippen LogP contribution in [0.4, 0.5) is 0 Å². The predicted octanol–water partition coefficient (Wildman–Crippen LogP) is 0.752. The summed E-state index contributed by atoms with van der Waals surface area (Å²) in [5.74, 6) is 1.51. The molecule has 0 aliphatic carbocycles. The smallest absolute Gasteiger partial charge is 0.261 e. The normalized spacial score (nSPS) is 11.3. The lowest BCUT2D eigenvalue weighted by molar-refractivity contribution is 0.0957. The van der Waals surface area contributed by atoms with E-state index in [9.17, 15) is 4.79 Å². The summed E-state index contributed by atoms with van der Waals surface area (Å²) in [5, 5.41) is 15.2. The van der Waals surface area contributed by atoms with Gasteiger partial charge in [-0.05, 0) is 24.8 Å². The molecule has 0 fully saturated rings. The van der Waals surface area contributed by atoms with Gasteiger partial charge in [0.1, 0.15) is 18.7 Å². The molecule has 2 heterocycles. The van der Waals surface area contributed by atoms with Crippen LogP contribution in [-0.4, -0.2) is 46.3 Å². The van der Waals surface area contributed by atoms with Gasteiger partial charge in [0, 0.05) is 26.7 Å². The molecular weight excluding hydrogens is 326 g/mol. The number of carbonyl (C=O) groups excluding carboxylic acids is 1. The Hall–Kier alpha value is -2.42. The minimum atomic E-state index is -0.0205. The number of carbonyl (C=O) groups is 1. The van der Waals surface area contributed by atoms with E-state index in [1.807, 2.05) is 31.5 Å². The maximum Gasteiger partial charge on any atom is 0.261 e. The summed E-state index contributed by atoms with van der Waals surface area (Å²) in [7, 11) is 1.84. The Kier molecular flexibility index (Phi) is 7.21. The molecule has 24 heavy (non-hydrogen) atoms. The molecule has 0 atom stereocenters. The van der Waals surface area contributed by atoms with Crippen LogP contribution in [0.15, 0.2) is 28.8 Å². The molecule has 2 aromatic heterocycles. The Bertz CT molecular complexity index is 651. The van der Waals surface area contributed by atoms with E-state index >= 15 is 0 Å². The fourth-order valence-corrected chi connectivity index (χ4v) is 2.59. The SMILES string of the molecule is CCNC(=NCc1ncnn1C)NCCCNC(=O)c1cccs1. The topological polar surface area (TPSA) is 96.2 Å². The van der Waals surface area contributed by atoms with Gasteiger partial charge in [0.15, 0.2) is 5.96 Å². The minimum absolute atomic E-state index is 0.0205. The largest absolute Gasteiger partial charge is 0.357 e. The van der Waals surface area contributed by atoms with E-state index < -0.39 is 0 Å². The summed E-state index contributed by atoms with van der Waals surface area (Å²) >= 11 is 1.44. The first-order valence-electron chi connectivity index (χ1n) is 7.87. The van der Waals surface area contributed by atoms with Crippen LogP contribution in [0.2, 0.25) is 0 Å². The molecule has 2 rings (SSSR count). The number of nitrogens with one attached hydrogen (secondary N) is 3. The molecule has 0 saturated carbocycles. The Balaban J connectivity index is 1.69. The Morgan fingerprint density at radius 1 is 1.33 bits per heavy atom. The van der Waals surface area contributed by atoms with Gasteiger partial charge in [-0.3, -0.25) is 9.48 Å². The number of guanidine groups is 1. The Morgan fingerprint density at radius 3 is 2.83 bits per heavy atom. The third-order valence-corrected chi connectivity index (χ3v) is 4.07. The standard InChI is InChI=1S/C15H23N7OS/c1-3-16-15(19-10-13-20-11-21-22(13)2)18-8-5-7-17-14(23)12-6-4-9-24-12/h4,6,9,11H,3,5,7-8,10H2,1-2H3,(H,17,23)(H2,16,18,19). The summed E-state index contributed by atoms with van der Waals surface area (Å²) < 4.78 is 1.70. The van der Waals surface area contributed by atoms with Crippen molar-refractivity contribution in [1.29, 1.82) is 0 Å². The Labute approximate surface area is 145 Å². The van der Waals surface area contributed by atoms with E-state index in [4.69, 9.17) is 0 Å². The second-order valence-corrected chi connectivity index (χ2v) is 5.96. The zero-order chi connectivity index (χ0) is 17.2. The first-order valence-corrected chi connectivity index (χ1v) is 8.75. The molecule has 1 amide bonds. The van der Waals surface area contributed by atoms with Crippen molar-refractivity contribution in [2.45, 2.75) is 19.9 Å². The van der Waals surface area contributed by atoms with Crippen LogP contribution in [-0.2, 0) is 13.6 Å². The van der Waals surface area contributed by atoms with Crippen LogP contribution < -0.4 is 16.0 Å². The van der Waals surface area contributed by atoms with E-state index in [0.29, 0.717) is 13.1 Å². The monoisotopic (exact) mass is 349 g/mol. The van der Waals surface area contributed by atoms with Crippen LogP contribution in [0.25, 0.3) is 0 Å². The number of nitrogens with zero attached hydrogens (tertiary/aromatic N) is 4. The number of thiophene rings is 1. The molecular formula is C15H23N7OS. The maximum absolute atomic E-state index is 11.8. The maximum atomic E-state index is 11.8. The van der Waals surface area contributed by atoms with Gasteiger partial charge in [0.25, 0.3) is 5.91 Å². The third-order valence-electron chi connectivity index (χ3n) is 3.20. The van der Waals surface area contributed by atoms with Crippen molar-refractivity contribution in [3.8, 4) is 0 Å². The van der Waals surface area contributed by atoms with Gasteiger partial charge in [0.2, 0.25) is 0 Å². The van der Waals surface area contributed by atoms with Gasteiger partial charge in [-0.15, -0.1) is 11.3 Å². The third kappa shape index (κ3) is 5.65. The number of hydrogen-bond acceptors (Lipinski definition) is 5. The van der Waals surface area contributed by atoms with Crippen molar-refractivity contribution >= 4 is 23.2 Å².